The standard InChI is InChI=1S/C5H8.4CO.Cr/c1-4-5(2)3;4*1-2;/h4H,1-2H2,3H3;;;;;. The van der Waals surface area contributed by atoms with Gasteiger partial charge in [0.15, 0.2) is 0 Å². The summed E-state index contributed by atoms with van der Waals surface area (Å²) in [5.41, 5.74) is 1.02. The Hall–Kier alpha value is -1.03. The van der Waals surface area contributed by atoms with Crippen LogP contribution < -0.4 is 0 Å². The average molecular weight is 232 g/mol. The van der Waals surface area contributed by atoms with Gasteiger partial charge in [-0.2, -0.15) is 0 Å². The molecule has 0 saturated heterocycles. The Balaban J connectivity index is -0.0000000156. The van der Waals surface area contributed by atoms with Gasteiger partial charge in [-0.05, 0) is 6.92 Å². The molecular weight excluding hydrogens is 224 g/mol. The zero-order valence-corrected chi connectivity index (χ0v) is 8.81. The van der Waals surface area contributed by atoms with Gasteiger partial charge in [0.25, 0.3) is 0 Å². The molecule has 0 radical (unpaired) electrons. The second kappa shape index (κ2) is 163. The SMILES string of the molecule is C=CC(=C)C.[C-]#[O+].[C-]#[O+].[C-]#[O+].[C-]#[O+].[Cr]. The van der Waals surface area contributed by atoms with E-state index < -0.39 is 0 Å². The molecule has 0 bridgehead atoms. The predicted octanol–water partition coefficient (Wildman–Crippen LogP) is 1.60. The molecule has 0 N–H and O–H groups in total. The van der Waals surface area contributed by atoms with Crippen molar-refractivity contribution in [2.75, 3.05) is 0 Å². The van der Waals surface area contributed by atoms with Crippen LogP contribution in [0.1, 0.15) is 6.92 Å². The smallest absolute Gasteiger partial charge is 0 e. The Labute approximate surface area is 94.7 Å². The first-order chi connectivity index (χ1) is 6.27. The maximum absolute atomic E-state index is 7.50. The summed E-state index contributed by atoms with van der Waals surface area (Å²) in [5, 5.41) is 0. The van der Waals surface area contributed by atoms with E-state index >= 15 is 0 Å². The zero-order valence-electron chi connectivity index (χ0n) is 7.53. The molecule has 14 heavy (non-hydrogen) atoms. The topological polar surface area (TPSA) is 79.6 Å². The van der Waals surface area contributed by atoms with Gasteiger partial charge in [0.05, 0.1) is 0 Å². The van der Waals surface area contributed by atoms with Gasteiger partial charge in [-0.3, -0.25) is 0 Å². The Morgan fingerprint density at radius 2 is 1.00 bits per heavy atom. The third kappa shape index (κ3) is 1150. The third-order valence-corrected chi connectivity index (χ3v) is 0.348. The van der Waals surface area contributed by atoms with Crippen molar-refractivity contribution in [1.82, 2.24) is 0 Å². The maximum Gasteiger partial charge on any atom is 0 e. The summed E-state index contributed by atoms with van der Waals surface area (Å²) in [6, 6.07) is 0. The molecule has 0 aliphatic carbocycles. The predicted molar refractivity (Wildman–Crippen MR) is 40.7 cm³/mol. The van der Waals surface area contributed by atoms with E-state index in [0.29, 0.717) is 0 Å². The molecule has 5 heteroatoms. The minimum Gasteiger partial charge on any atom is 0 e. The van der Waals surface area contributed by atoms with Gasteiger partial charge in [0.2, 0.25) is 0 Å². The second-order valence-corrected chi connectivity index (χ2v) is 1.05. The molecule has 0 aliphatic heterocycles. The first-order valence-corrected chi connectivity index (χ1v) is 2.37. The van der Waals surface area contributed by atoms with Gasteiger partial charge in [0.1, 0.15) is 0 Å². The van der Waals surface area contributed by atoms with Crippen LogP contribution in [0.2, 0.25) is 0 Å². The summed E-state index contributed by atoms with van der Waals surface area (Å²) in [6.07, 6.45) is 1.72. The van der Waals surface area contributed by atoms with E-state index in [4.69, 9.17) is 18.6 Å². The minimum atomic E-state index is 0. The summed E-state index contributed by atoms with van der Waals surface area (Å²) in [4.78, 5) is 0. The Morgan fingerprint density at radius 1 is 0.929 bits per heavy atom. The van der Waals surface area contributed by atoms with Crippen LogP contribution in [0.3, 0.4) is 0 Å². The van der Waals surface area contributed by atoms with Gasteiger partial charge in [-0.15, -0.1) is 0 Å². The van der Waals surface area contributed by atoms with Crippen LogP contribution in [0.4, 0.5) is 0 Å². The van der Waals surface area contributed by atoms with Crippen LogP contribution in [0.25, 0.3) is 0 Å². The molecule has 4 nitrogen and oxygen atoms in total. The molecule has 0 aromatic heterocycles. The van der Waals surface area contributed by atoms with Crippen molar-refractivity contribution in [1.29, 1.82) is 0 Å². The molecule has 0 saturated carbocycles. The van der Waals surface area contributed by atoms with Crippen molar-refractivity contribution in [3.05, 3.63) is 51.4 Å². The molecule has 0 aromatic rings. The van der Waals surface area contributed by atoms with E-state index in [9.17, 15) is 0 Å². The third-order valence-electron chi connectivity index (χ3n) is 0.348. The molecule has 0 rings (SSSR count). The number of rotatable bonds is 1. The fraction of sp³-hybridized carbons (Fsp3) is 0.111. The van der Waals surface area contributed by atoms with Gasteiger partial charge in [-0.25, -0.2) is 0 Å². The summed E-state index contributed by atoms with van der Waals surface area (Å²) in [6.45, 7) is 26.9. The van der Waals surface area contributed by atoms with Crippen molar-refractivity contribution in [3.63, 3.8) is 0 Å². The van der Waals surface area contributed by atoms with E-state index in [1.807, 2.05) is 6.92 Å². The van der Waals surface area contributed by atoms with E-state index in [1.54, 1.807) is 6.08 Å². The maximum atomic E-state index is 7.50. The van der Waals surface area contributed by atoms with Crippen molar-refractivity contribution in [3.8, 4) is 0 Å². The van der Waals surface area contributed by atoms with Crippen molar-refractivity contribution < 1.29 is 36.0 Å². The molecule has 0 amide bonds. The van der Waals surface area contributed by atoms with E-state index in [2.05, 4.69) is 39.8 Å². The Kier molecular flexibility index (Phi) is 446. The van der Waals surface area contributed by atoms with E-state index in [1.165, 1.54) is 0 Å². The Bertz CT molecular complexity index is 152. The summed E-state index contributed by atoms with van der Waals surface area (Å²) in [7, 11) is 0. The number of hydrogen-bond acceptors (Lipinski definition) is 0. The van der Waals surface area contributed by atoms with Gasteiger partial charge < -0.3 is 0 Å². The van der Waals surface area contributed by atoms with Crippen LogP contribution in [0.15, 0.2) is 24.8 Å². The van der Waals surface area contributed by atoms with Crippen LogP contribution in [-0.2, 0) is 36.0 Å². The molecule has 0 heterocycles. The van der Waals surface area contributed by atoms with E-state index in [0.717, 1.165) is 5.57 Å². The van der Waals surface area contributed by atoms with Gasteiger partial charge in [0, 0.05) is 17.4 Å². The van der Waals surface area contributed by atoms with Crippen molar-refractivity contribution >= 4 is 0 Å². The molecule has 74 valence electrons. The van der Waals surface area contributed by atoms with Gasteiger partial charge >= 0.3 is 45.2 Å². The fourth-order valence-electron chi connectivity index (χ4n) is 0. The summed E-state index contributed by atoms with van der Waals surface area (Å²) in [5.74, 6) is 0. The number of allylic oxidation sites excluding steroid dienone is 2. The van der Waals surface area contributed by atoms with Gasteiger partial charge in [-0.1, -0.05) is 24.8 Å². The minimum absolute atomic E-state index is 0. The molecule has 0 aliphatic rings. The molecule has 0 atom stereocenters. The normalized spacial score (nSPS) is 2.93. The molecule has 0 aromatic carbocycles. The Morgan fingerprint density at radius 3 is 1.00 bits per heavy atom. The van der Waals surface area contributed by atoms with Crippen LogP contribution in [0.5, 0.6) is 0 Å². The van der Waals surface area contributed by atoms with Crippen molar-refractivity contribution in [2.24, 2.45) is 0 Å². The largest absolute Gasteiger partial charge is 0 e. The summed E-state index contributed by atoms with van der Waals surface area (Å²) < 4.78 is 30.0. The molecular formula is C9H8CrO4. The van der Waals surface area contributed by atoms with Crippen LogP contribution in [-0.4, -0.2) is 0 Å². The van der Waals surface area contributed by atoms with Crippen LogP contribution >= 0.6 is 0 Å². The average Bonchev–Trinajstić information content (AvgIpc) is 2.29. The van der Waals surface area contributed by atoms with Crippen molar-refractivity contribution in [2.45, 2.75) is 6.92 Å². The second-order valence-electron chi connectivity index (χ2n) is 1.05. The number of hydrogen-bond donors (Lipinski definition) is 0. The first kappa shape index (κ1) is 38.2. The molecule has 0 unspecified atom stereocenters. The van der Waals surface area contributed by atoms with E-state index in [-0.39, 0.29) is 17.4 Å². The monoisotopic (exact) mass is 232 g/mol. The fourth-order valence-corrected chi connectivity index (χ4v) is 0. The summed E-state index contributed by atoms with van der Waals surface area (Å²) >= 11 is 0. The molecule has 0 fully saturated rings. The van der Waals surface area contributed by atoms with Crippen LogP contribution in [0, 0.1) is 26.6 Å². The molecule has 0 spiro atoms. The zero-order chi connectivity index (χ0) is 12.3. The quantitative estimate of drug-likeness (QED) is 0.374. The first-order valence-electron chi connectivity index (χ1n) is 2.37.